The van der Waals surface area contributed by atoms with E-state index >= 15 is 0 Å². The number of alkyl halides is 2. The first-order valence-electron chi connectivity index (χ1n) is 5.87. The summed E-state index contributed by atoms with van der Waals surface area (Å²) in [6.45, 7) is 0.104. The van der Waals surface area contributed by atoms with Crippen molar-refractivity contribution in [3.05, 3.63) is 22.8 Å². The van der Waals surface area contributed by atoms with Crippen LogP contribution in [0.3, 0.4) is 0 Å². The molecule has 1 aromatic rings. The van der Waals surface area contributed by atoms with Crippen molar-refractivity contribution in [1.29, 1.82) is 5.26 Å². The number of rotatable bonds is 4. The summed E-state index contributed by atoms with van der Waals surface area (Å²) in [6, 6.07) is 3.42. The Morgan fingerprint density at radius 2 is 2.35 bits per heavy atom. The molecule has 2 heterocycles. The summed E-state index contributed by atoms with van der Waals surface area (Å²) in [7, 11) is 0. The van der Waals surface area contributed by atoms with E-state index in [-0.39, 0.29) is 5.92 Å². The molecule has 106 valence electrons. The number of hydrogen-bond donors (Lipinski definition) is 1. The lowest BCUT2D eigenvalue weighted by Crippen LogP contribution is -2.54. The lowest BCUT2D eigenvalue weighted by Gasteiger charge is -2.39. The molecule has 0 spiro atoms. The first kappa shape index (κ1) is 14.5. The average Bonchev–Trinajstić information content (AvgIpc) is 2.36. The molecule has 1 aliphatic heterocycles. The number of aromatic nitrogens is 1. The summed E-state index contributed by atoms with van der Waals surface area (Å²) in [6.07, 6.45) is -1.16. The van der Waals surface area contributed by atoms with Gasteiger partial charge >= 0.3 is 0 Å². The van der Waals surface area contributed by atoms with Gasteiger partial charge in [0, 0.05) is 19.3 Å². The van der Waals surface area contributed by atoms with Crippen LogP contribution in [0, 0.1) is 17.2 Å². The second kappa shape index (κ2) is 6.01. The molecular formula is C12H11ClF2N4O. The van der Waals surface area contributed by atoms with Gasteiger partial charge in [-0.05, 0) is 6.07 Å². The summed E-state index contributed by atoms with van der Waals surface area (Å²) in [5.74, 6) is -0.253. The number of carbonyl (C=O) groups excluding carboxylic acids is 1. The number of amides is 1. The monoisotopic (exact) mass is 300 g/mol. The Morgan fingerprint density at radius 1 is 1.65 bits per heavy atom. The highest BCUT2D eigenvalue weighted by molar-refractivity contribution is 6.33. The number of carbonyl (C=O) groups is 1. The van der Waals surface area contributed by atoms with Crippen LogP contribution in [0.2, 0.25) is 5.02 Å². The maximum Gasteiger partial charge on any atom is 0.255 e. The first-order chi connectivity index (χ1) is 9.51. The first-order valence-corrected chi connectivity index (χ1v) is 6.25. The molecule has 0 aromatic carbocycles. The Kier molecular flexibility index (Phi) is 4.35. The van der Waals surface area contributed by atoms with Gasteiger partial charge in [0.2, 0.25) is 5.91 Å². The van der Waals surface area contributed by atoms with Gasteiger partial charge in [0.1, 0.15) is 11.9 Å². The van der Waals surface area contributed by atoms with Crippen LogP contribution >= 0.6 is 11.6 Å². The van der Waals surface area contributed by atoms with Gasteiger partial charge in [-0.25, -0.2) is 13.8 Å². The molecule has 20 heavy (non-hydrogen) atoms. The van der Waals surface area contributed by atoms with Crippen LogP contribution in [-0.2, 0) is 4.79 Å². The number of anilines is 1. The Hall–Kier alpha value is -1.94. The molecule has 0 unspecified atom stereocenters. The number of nitrogens with one attached hydrogen (secondary N) is 1. The van der Waals surface area contributed by atoms with Crippen molar-refractivity contribution < 1.29 is 13.6 Å². The van der Waals surface area contributed by atoms with Crippen molar-refractivity contribution in [2.75, 3.05) is 24.5 Å². The van der Waals surface area contributed by atoms with Crippen LogP contribution < -0.4 is 10.2 Å². The van der Waals surface area contributed by atoms with E-state index in [4.69, 9.17) is 16.9 Å². The van der Waals surface area contributed by atoms with Gasteiger partial charge < -0.3 is 10.2 Å². The fraction of sp³-hybridized carbons (Fsp3) is 0.417. The molecule has 1 saturated heterocycles. The van der Waals surface area contributed by atoms with Crippen molar-refractivity contribution in [3.8, 4) is 6.07 Å². The predicted octanol–water partition coefficient (Wildman–Crippen LogP) is 1.42. The van der Waals surface area contributed by atoms with Gasteiger partial charge in [-0.1, -0.05) is 11.6 Å². The maximum absolute atomic E-state index is 12.0. The lowest BCUT2D eigenvalue weighted by molar-refractivity contribution is -0.126. The molecule has 1 aliphatic rings. The fourth-order valence-electron chi connectivity index (χ4n) is 1.86. The fourth-order valence-corrected chi connectivity index (χ4v) is 2.15. The van der Waals surface area contributed by atoms with Gasteiger partial charge in [0.15, 0.2) is 0 Å². The highest BCUT2D eigenvalue weighted by atomic mass is 35.5. The van der Waals surface area contributed by atoms with Gasteiger partial charge in [0.25, 0.3) is 6.43 Å². The largest absolute Gasteiger partial charge is 0.354 e. The highest BCUT2D eigenvalue weighted by Gasteiger charge is 2.34. The molecule has 0 bridgehead atoms. The number of hydrogen-bond acceptors (Lipinski definition) is 4. The van der Waals surface area contributed by atoms with Gasteiger partial charge in [-0.3, -0.25) is 4.79 Å². The molecule has 0 aliphatic carbocycles. The van der Waals surface area contributed by atoms with Crippen LogP contribution in [0.15, 0.2) is 12.3 Å². The summed E-state index contributed by atoms with van der Waals surface area (Å²) >= 11 is 5.99. The zero-order valence-corrected chi connectivity index (χ0v) is 11.1. The summed E-state index contributed by atoms with van der Waals surface area (Å²) in [5.41, 5.74) is 0.352. The van der Waals surface area contributed by atoms with Crippen molar-refractivity contribution >= 4 is 23.3 Å². The van der Waals surface area contributed by atoms with E-state index < -0.39 is 18.9 Å². The zero-order valence-electron chi connectivity index (χ0n) is 10.3. The summed E-state index contributed by atoms with van der Waals surface area (Å²) < 4.78 is 23.9. The second-order valence-corrected chi connectivity index (χ2v) is 4.79. The van der Waals surface area contributed by atoms with Crippen LogP contribution in [0.5, 0.6) is 0 Å². The van der Waals surface area contributed by atoms with Crippen molar-refractivity contribution in [2.24, 2.45) is 5.92 Å². The quantitative estimate of drug-likeness (QED) is 0.913. The topological polar surface area (TPSA) is 69.0 Å². The smallest absolute Gasteiger partial charge is 0.255 e. The number of nitrogens with zero attached hydrogens (tertiary/aromatic N) is 3. The van der Waals surface area contributed by atoms with E-state index in [1.807, 2.05) is 6.07 Å². The lowest BCUT2D eigenvalue weighted by atomic mass is 9.99. The van der Waals surface area contributed by atoms with Crippen LogP contribution in [0.4, 0.5) is 14.6 Å². The highest BCUT2D eigenvalue weighted by Crippen LogP contribution is 2.29. The SMILES string of the molecule is N#Cc1cnc(N2CC(C(=O)NCC(F)F)C2)c(Cl)c1. The van der Waals surface area contributed by atoms with E-state index in [1.54, 1.807) is 4.90 Å². The Bertz CT molecular complexity index is 555. The van der Waals surface area contributed by atoms with Gasteiger partial charge in [0.05, 0.1) is 23.0 Å². The molecule has 5 nitrogen and oxygen atoms in total. The molecular weight excluding hydrogens is 290 g/mol. The Balaban J connectivity index is 1.90. The van der Waals surface area contributed by atoms with E-state index in [0.717, 1.165) is 0 Å². The Labute approximate surface area is 119 Å². The molecule has 1 amide bonds. The van der Waals surface area contributed by atoms with E-state index in [9.17, 15) is 13.6 Å². The minimum absolute atomic E-state index is 0.329. The third kappa shape index (κ3) is 3.14. The van der Waals surface area contributed by atoms with Crippen LogP contribution in [-0.4, -0.2) is 37.0 Å². The van der Waals surface area contributed by atoms with Gasteiger partial charge in [-0.15, -0.1) is 0 Å². The molecule has 1 aromatic heterocycles. The number of halogens is 3. The van der Waals surface area contributed by atoms with Crippen molar-refractivity contribution in [3.63, 3.8) is 0 Å². The third-order valence-electron chi connectivity index (χ3n) is 2.93. The molecule has 1 N–H and O–H groups in total. The molecule has 0 atom stereocenters. The van der Waals surface area contributed by atoms with Crippen LogP contribution in [0.1, 0.15) is 5.56 Å². The third-order valence-corrected chi connectivity index (χ3v) is 3.21. The summed E-state index contributed by atoms with van der Waals surface area (Å²) in [4.78, 5) is 17.3. The number of pyridine rings is 1. The van der Waals surface area contributed by atoms with Gasteiger partial charge in [-0.2, -0.15) is 5.26 Å². The zero-order chi connectivity index (χ0) is 14.7. The standard InChI is InChI=1S/C12H11ClF2N4O/c13-9-1-7(2-16)3-17-11(9)19-5-8(6-19)12(20)18-4-10(14)15/h1,3,8,10H,4-6H2,(H,18,20). The molecule has 8 heteroatoms. The maximum atomic E-state index is 12.0. The molecule has 0 saturated carbocycles. The average molecular weight is 301 g/mol. The minimum Gasteiger partial charge on any atom is -0.354 e. The summed E-state index contributed by atoms with van der Waals surface area (Å²) in [5, 5.41) is 11.2. The normalized spacial score (nSPS) is 14.8. The predicted molar refractivity (Wildman–Crippen MR) is 68.7 cm³/mol. The van der Waals surface area contributed by atoms with E-state index in [2.05, 4.69) is 10.3 Å². The van der Waals surface area contributed by atoms with E-state index in [0.29, 0.717) is 29.5 Å². The molecule has 0 radical (unpaired) electrons. The van der Waals surface area contributed by atoms with E-state index in [1.165, 1.54) is 12.3 Å². The molecule has 2 rings (SSSR count). The Morgan fingerprint density at radius 3 is 2.90 bits per heavy atom. The van der Waals surface area contributed by atoms with Crippen LogP contribution in [0.25, 0.3) is 0 Å². The van der Waals surface area contributed by atoms with Crippen molar-refractivity contribution in [2.45, 2.75) is 6.43 Å². The number of nitriles is 1. The van der Waals surface area contributed by atoms with Crippen molar-refractivity contribution in [1.82, 2.24) is 10.3 Å². The minimum atomic E-state index is -2.55. The second-order valence-electron chi connectivity index (χ2n) is 4.38. The molecule has 1 fully saturated rings.